The van der Waals surface area contributed by atoms with Crippen molar-refractivity contribution in [3.63, 3.8) is 0 Å². The van der Waals surface area contributed by atoms with E-state index in [1.165, 1.54) is 17.3 Å². The van der Waals surface area contributed by atoms with Crippen LogP contribution in [-0.4, -0.2) is 25.6 Å². The monoisotopic (exact) mass is 435 g/mol. The SMILES string of the molecule is COc1cccc(COc2cc(C=NN=C(N)SCc3ccccc3)ccc2OC)c1. The lowest BCUT2D eigenvalue weighted by Crippen LogP contribution is -2.06. The predicted octanol–water partition coefficient (Wildman–Crippen LogP) is 4.86. The van der Waals surface area contributed by atoms with Crippen molar-refractivity contribution >= 4 is 23.1 Å². The van der Waals surface area contributed by atoms with Crippen LogP contribution >= 0.6 is 11.8 Å². The summed E-state index contributed by atoms with van der Waals surface area (Å²) in [6.45, 7) is 0.384. The van der Waals surface area contributed by atoms with Crippen LogP contribution in [0, 0.1) is 0 Å². The van der Waals surface area contributed by atoms with Gasteiger partial charge in [-0.3, -0.25) is 0 Å². The van der Waals surface area contributed by atoms with Gasteiger partial charge in [-0.05, 0) is 47.0 Å². The molecule has 0 heterocycles. The van der Waals surface area contributed by atoms with Crippen LogP contribution < -0.4 is 19.9 Å². The molecule has 0 bridgehead atoms. The Morgan fingerprint density at radius 1 is 0.903 bits per heavy atom. The third-order valence-corrected chi connectivity index (χ3v) is 5.16. The summed E-state index contributed by atoms with van der Waals surface area (Å²) < 4.78 is 16.6. The Labute approximate surface area is 186 Å². The second kappa shape index (κ2) is 11.7. The number of nitrogens with zero attached hydrogens (tertiary/aromatic N) is 2. The largest absolute Gasteiger partial charge is 0.497 e. The van der Waals surface area contributed by atoms with E-state index in [2.05, 4.69) is 10.2 Å². The van der Waals surface area contributed by atoms with Crippen molar-refractivity contribution in [3.8, 4) is 17.2 Å². The Balaban J connectivity index is 1.62. The number of methoxy groups -OCH3 is 2. The summed E-state index contributed by atoms with van der Waals surface area (Å²) >= 11 is 1.44. The van der Waals surface area contributed by atoms with Gasteiger partial charge in [-0.1, -0.05) is 54.2 Å². The Morgan fingerprint density at radius 2 is 1.71 bits per heavy atom. The van der Waals surface area contributed by atoms with Crippen molar-refractivity contribution < 1.29 is 14.2 Å². The van der Waals surface area contributed by atoms with E-state index in [9.17, 15) is 0 Å². The first-order valence-electron chi connectivity index (χ1n) is 9.65. The molecule has 0 atom stereocenters. The number of amidine groups is 1. The van der Waals surface area contributed by atoms with E-state index in [1.54, 1.807) is 20.4 Å². The Kier molecular flexibility index (Phi) is 8.37. The summed E-state index contributed by atoms with van der Waals surface area (Å²) in [4.78, 5) is 0. The van der Waals surface area contributed by atoms with Gasteiger partial charge in [-0.15, -0.1) is 5.10 Å². The molecule has 0 radical (unpaired) electrons. The standard InChI is InChI=1S/C24H25N3O3S/c1-28-21-10-6-9-20(13-21)16-30-23-14-19(11-12-22(23)29-2)15-26-27-24(25)31-17-18-7-4-3-5-8-18/h3-15H,16-17H2,1-2H3,(H2,25,27). The maximum Gasteiger partial charge on any atom is 0.180 e. The molecule has 0 aliphatic heterocycles. The molecular weight excluding hydrogens is 410 g/mol. The van der Waals surface area contributed by atoms with Gasteiger partial charge in [0.05, 0.1) is 20.4 Å². The molecule has 0 saturated carbocycles. The molecule has 0 saturated heterocycles. The van der Waals surface area contributed by atoms with Gasteiger partial charge >= 0.3 is 0 Å². The highest BCUT2D eigenvalue weighted by molar-refractivity contribution is 8.13. The van der Waals surface area contributed by atoms with Crippen LogP contribution in [-0.2, 0) is 12.4 Å². The summed E-state index contributed by atoms with van der Waals surface area (Å²) in [5, 5.41) is 8.56. The summed E-state index contributed by atoms with van der Waals surface area (Å²) in [5.41, 5.74) is 8.94. The van der Waals surface area contributed by atoms with Crippen LogP contribution in [0.25, 0.3) is 0 Å². The first-order valence-corrected chi connectivity index (χ1v) is 10.6. The number of rotatable bonds is 9. The molecule has 0 unspecified atom stereocenters. The van der Waals surface area contributed by atoms with Gasteiger partial charge in [-0.2, -0.15) is 5.10 Å². The minimum absolute atomic E-state index is 0.384. The fourth-order valence-electron chi connectivity index (χ4n) is 2.72. The first kappa shape index (κ1) is 22.2. The van der Waals surface area contributed by atoms with Crippen molar-refractivity contribution in [3.05, 3.63) is 89.5 Å². The highest BCUT2D eigenvalue weighted by Gasteiger charge is 2.06. The third kappa shape index (κ3) is 7.08. The van der Waals surface area contributed by atoms with Gasteiger partial charge in [0.25, 0.3) is 0 Å². The summed E-state index contributed by atoms with van der Waals surface area (Å²) in [6, 6.07) is 23.4. The number of hydrogen-bond donors (Lipinski definition) is 1. The van der Waals surface area contributed by atoms with Crippen molar-refractivity contribution in [1.29, 1.82) is 0 Å². The minimum Gasteiger partial charge on any atom is -0.497 e. The quantitative estimate of drug-likeness (QED) is 0.295. The van der Waals surface area contributed by atoms with Crippen LogP contribution in [0.4, 0.5) is 0 Å². The highest BCUT2D eigenvalue weighted by atomic mass is 32.2. The Hall–Kier alpha value is -3.45. The molecule has 160 valence electrons. The van der Waals surface area contributed by atoms with Crippen molar-refractivity contribution in [1.82, 2.24) is 0 Å². The molecule has 31 heavy (non-hydrogen) atoms. The van der Waals surface area contributed by atoms with E-state index >= 15 is 0 Å². The summed E-state index contributed by atoms with van der Waals surface area (Å²) in [5.74, 6) is 2.79. The third-order valence-electron chi connectivity index (χ3n) is 4.31. The maximum atomic E-state index is 5.96. The van der Waals surface area contributed by atoms with Gasteiger partial charge in [0.1, 0.15) is 12.4 Å². The number of nitrogens with two attached hydrogens (primary N) is 1. The molecule has 3 aromatic rings. The molecule has 6 nitrogen and oxygen atoms in total. The summed E-state index contributed by atoms with van der Waals surface area (Å²) in [6.07, 6.45) is 1.63. The van der Waals surface area contributed by atoms with Crippen LogP contribution in [0.15, 0.2) is 83.0 Å². The molecule has 0 fully saturated rings. The molecule has 0 aromatic heterocycles. The topological polar surface area (TPSA) is 78.4 Å². The van der Waals surface area contributed by atoms with Crippen LogP contribution in [0.1, 0.15) is 16.7 Å². The number of hydrogen-bond acceptors (Lipinski definition) is 6. The molecule has 2 N–H and O–H groups in total. The summed E-state index contributed by atoms with van der Waals surface area (Å²) in [7, 11) is 3.25. The number of ether oxygens (including phenoxy) is 3. The molecule has 0 aliphatic rings. The zero-order valence-corrected chi connectivity index (χ0v) is 18.3. The maximum absolute atomic E-state index is 5.96. The molecule has 7 heteroatoms. The zero-order chi connectivity index (χ0) is 21.9. The van der Waals surface area contributed by atoms with Crippen LogP contribution in [0.5, 0.6) is 17.2 Å². The van der Waals surface area contributed by atoms with Crippen molar-refractivity contribution in [2.75, 3.05) is 14.2 Å². The minimum atomic E-state index is 0.384. The zero-order valence-electron chi connectivity index (χ0n) is 17.5. The smallest absolute Gasteiger partial charge is 0.180 e. The van der Waals surface area contributed by atoms with E-state index in [1.807, 2.05) is 72.8 Å². The average molecular weight is 436 g/mol. The predicted molar refractivity (Wildman–Crippen MR) is 127 cm³/mol. The van der Waals surface area contributed by atoms with Crippen molar-refractivity contribution in [2.45, 2.75) is 12.4 Å². The molecule has 0 spiro atoms. The molecule has 3 aromatic carbocycles. The van der Waals surface area contributed by atoms with E-state index < -0.39 is 0 Å². The van der Waals surface area contributed by atoms with Crippen LogP contribution in [0.2, 0.25) is 0 Å². The molecular formula is C24H25N3O3S. The van der Waals surface area contributed by atoms with Crippen LogP contribution in [0.3, 0.4) is 0 Å². The number of benzene rings is 3. The first-order chi connectivity index (χ1) is 15.2. The van der Waals surface area contributed by atoms with Crippen molar-refractivity contribution in [2.24, 2.45) is 15.9 Å². The van der Waals surface area contributed by atoms with E-state index in [0.717, 1.165) is 22.6 Å². The second-order valence-corrected chi connectivity index (χ2v) is 7.50. The van der Waals surface area contributed by atoms with Gasteiger partial charge in [0, 0.05) is 5.75 Å². The fraction of sp³-hybridized carbons (Fsp3) is 0.167. The molecule has 3 rings (SSSR count). The Bertz CT molecular complexity index is 1040. The van der Waals surface area contributed by atoms with E-state index in [4.69, 9.17) is 19.9 Å². The van der Waals surface area contributed by atoms with E-state index in [0.29, 0.717) is 23.3 Å². The van der Waals surface area contributed by atoms with Gasteiger partial charge in [0.15, 0.2) is 16.7 Å². The normalized spacial score (nSPS) is 11.5. The lowest BCUT2D eigenvalue weighted by atomic mass is 10.2. The lowest BCUT2D eigenvalue weighted by Gasteiger charge is -2.12. The average Bonchev–Trinajstić information content (AvgIpc) is 2.82. The highest BCUT2D eigenvalue weighted by Crippen LogP contribution is 2.28. The van der Waals surface area contributed by atoms with Gasteiger partial charge in [0.2, 0.25) is 0 Å². The van der Waals surface area contributed by atoms with Gasteiger partial charge in [-0.25, -0.2) is 0 Å². The second-order valence-electron chi connectivity index (χ2n) is 6.51. The molecule has 0 amide bonds. The van der Waals surface area contributed by atoms with Gasteiger partial charge < -0.3 is 19.9 Å². The molecule has 0 aliphatic carbocycles. The lowest BCUT2D eigenvalue weighted by molar-refractivity contribution is 0.284. The Morgan fingerprint density at radius 3 is 2.48 bits per heavy atom. The fourth-order valence-corrected chi connectivity index (χ4v) is 3.33. The van der Waals surface area contributed by atoms with E-state index in [-0.39, 0.29) is 0 Å². The number of thioether (sulfide) groups is 1.